The lowest BCUT2D eigenvalue weighted by atomic mass is 10.2. The van der Waals surface area contributed by atoms with Gasteiger partial charge in [-0.3, -0.25) is 4.98 Å². The van der Waals surface area contributed by atoms with Crippen LogP contribution in [0.2, 0.25) is 0 Å². The number of nitrogens with zero attached hydrogens (tertiary/aromatic N) is 1. The van der Waals surface area contributed by atoms with Gasteiger partial charge in [-0.25, -0.2) is 0 Å². The average Bonchev–Trinajstić information content (AvgIpc) is 2.03. The molecule has 1 rings (SSSR count). The van der Waals surface area contributed by atoms with E-state index in [4.69, 9.17) is 0 Å². The van der Waals surface area contributed by atoms with Gasteiger partial charge in [0, 0.05) is 6.20 Å². The smallest absolute Gasteiger partial charge is 0.0630 e. The molecule has 0 saturated heterocycles. The summed E-state index contributed by atoms with van der Waals surface area (Å²) in [6, 6.07) is 3.92. The second-order valence-electron chi connectivity index (χ2n) is 2.95. The number of rotatable bonds is 1. The van der Waals surface area contributed by atoms with Crippen LogP contribution in [0.1, 0.15) is 13.8 Å². The zero-order valence-corrected chi connectivity index (χ0v) is 7.54. The lowest BCUT2D eigenvalue weighted by Gasteiger charge is -1.86. The molecular formula is C11H13N. The Labute approximate surface area is 72.8 Å². The summed E-state index contributed by atoms with van der Waals surface area (Å²) in [5.41, 5.74) is 1.28. The highest BCUT2D eigenvalue weighted by atomic mass is 14.6. The Hall–Kier alpha value is -1.37. The number of pyridine rings is 1. The predicted molar refractivity (Wildman–Crippen MR) is 52.9 cm³/mol. The van der Waals surface area contributed by atoms with E-state index in [2.05, 4.69) is 31.5 Å². The fourth-order valence-electron chi connectivity index (χ4n) is 0.859. The van der Waals surface area contributed by atoms with Gasteiger partial charge in [0.2, 0.25) is 0 Å². The molecule has 0 aromatic carbocycles. The van der Waals surface area contributed by atoms with Crippen molar-refractivity contribution in [3.05, 3.63) is 40.5 Å². The van der Waals surface area contributed by atoms with Crippen molar-refractivity contribution in [3.8, 4) is 0 Å². The molecule has 12 heavy (non-hydrogen) atoms. The van der Waals surface area contributed by atoms with Gasteiger partial charge in [0.25, 0.3) is 0 Å². The van der Waals surface area contributed by atoms with Gasteiger partial charge in [-0.15, -0.1) is 0 Å². The Kier molecular flexibility index (Phi) is 2.81. The minimum absolute atomic E-state index is 0.829. The summed E-state index contributed by atoms with van der Waals surface area (Å²) in [7, 11) is 0. The average molecular weight is 159 g/mol. The Bertz CT molecular complexity index is 384. The molecule has 0 radical (unpaired) electrons. The lowest BCUT2D eigenvalue weighted by molar-refractivity contribution is 1.23. The van der Waals surface area contributed by atoms with Crippen molar-refractivity contribution >= 4 is 12.7 Å². The Morgan fingerprint density at radius 1 is 1.50 bits per heavy atom. The van der Waals surface area contributed by atoms with E-state index in [-0.39, 0.29) is 0 Å². The Balaban J connectivity index is 3.20. The van der Waals surface area contributed by atoms with Crippen LogP contribution >= 0.6 is 0 Å². The van der Waals surface area contributed by atoms with Crippen LogP contribution < -0.4 is 10.6 Å². The van der Waals surface area contributed by atoms with Crippen LogP contribution in [-0.4, -0.2) is 4.98 Å². The number of allylic oxidation sites excluding steroid dienone is 2. The van der Waals surface area contributed by atoms with Gasteiger partial charge >= 0.3 is 0 Å². The topological polar surface area (TPSA) is 12.9 Å². The lowest BCUT2D eigenvalue weighted by Crippen LogP contribution is -2.25. The van der Waals surface area contributed by atoms with E-state index < -0.39 is 0 Å². The molecule has 0 aliphatic heterocycles. The zero-order chi connectivity index (χ0) is 8.97. The van der Waals surface area contributed by atoms with Crippen molar-refractivity contribution in [3.63, 3.8) is 0 Å². The van der Waals surface area contributed by atoms with Crippen LogP contribution in [0.25, 0.3) is 12.7 Å². The van der Waals surface area contributed by atoms with Crippen molar-refractivity contribution in [1.82, 2.24) is 4.98 Å². The first-order chi connectivity index (χ1) is 5.70. The zero-order valence-electron chi connectivity index (χ0n) is 7.54. The SMILES string of the molecule is C=c1nccc/c1=C/C=C(C)C. The van der Waals surface area contributed by atoms with Crippen LogP contribution in [0.15, 0.2) is 30.0 Å². The fraction of sp³-hybridized carbons (Fsp3) is 0.182. The van der Waals surface area contributed by atoms with E-state index in [1.165, 1.54) is 5.57 Å². The van der Waals surface area contributed by atoms with Crippen molar-refractivity contribution < 1.29 is 0 Å². The summed E-state index contributed by atoms with van der Waals surface area (Å²) in [6.45, 7) is 7.96. The van der Waals surface area contributed by atoms with Crippen molar-refractivity contribution in [2.75, 3.05) is 0 Å². The summed E-state index contributed by atoms with van der Waals surface area (Å²) in [4.78, 5) is 4.09. The maximum absolute atomic E-state index is 4.09. The van der Waals surface area contributed by atoms with E-state index in [0.29, 0.717) is 0 Å². The van der Waals surface area contributed by atoms with Crippen molar-refractivity contribution in [2.24, 2.45) is 0 Å². The van der Waals surface area contributed by atoms with E-state index in [1.54, 1.807) is 6.20 Å². The highest BCUT2D eigenvalue weighted by Gasteiger charge is 1.79. The minimum atomic E-state index is 0.829. The predicted octanol–water partition coefficient (Wildman–Crippen LogP) is 1.24. The maximum Gasteiger partial charge on any atom is 0.0630 e. The highest BCUT2D eigenvalue weighted by molar-refractivity contribution is 5.38. The Morgan fingerprint density at radius 3 is 2.83 bits per heavy atom. The molecule has 0 amide bonds. The first-order valence-corrected chi connectivity index (χ1v) is 3.95. The van der Waals surface area contributed by atoms with E-state index in [9.17, 15) is 0 Å². The first kappa shape index (κ1) is 8.72. The van der Waals surface area contributed by atoms with Gasteiger partial charge < -0.3 is 0 Å². The van der Waals surface area contributed by atoms with Crippen molar-refractivity contribution in [1.29, 1.82) is 0 Å². The molecule has 1 heterocycles. The van der Waals surface area contributed by atoms with Gasteiger partial charge in [-0.05, 0) is 25.1 Å². The molecule has 0 aliphatic carbocycles. The molecule has 1 nitrogen and oxygen atoms in total. The maximum atomic E-state index is 4.09. The largest absolute Gasteiger partial charge is 0.257 e. The van der Waals surface area contributed by atoms with Crippen LogP contribution in [0.5, 0.6) is 0 Å². The number of hydrogen-bond acceptors (Lipinski definition) is 1. The Morgan fingerprint density at radius 2 is 2.25 bits per heavy atom. The van der Waals surface area contributed by atoms with Crippen molar-refractivity contribution in [2.45, 2.75) is 13.8 Å². The summed E-state index contributed by atoms with van der Waals surface area (Å²) in [6.07, 6.45) is 5.85. The van der Waals surface area contributed by atoms with E-state index in [1.807, 2.05) is 18.2 Å². The third-order valence-electron chi connectivity index (χ3n) is 1.52. The van der Waals surface area contributed by atoms with Crippen LogP contribution in [0, 0.1) is 0 Å². The van der Waals surface area contributed by atoms with Crippen LogP contribution in [0.4, 0.5) is 0 Å². The molecule has 0 fully saturated rings. The molecule has 1 heteroatoms. The standard InChI is InChI=1S/C11H13N/c1-9(2)6-7-11-5-4-8-12-10(11)3/h4-8H,3H2,1-2H3/b11-7-. The summed E-state index contributed by atoms with van der Waals surface area (Å²) in [5.74, 6) is 0. The third kappa shape index (κ3) is 2.35. The molecule has 1 aromatic rings. The normalized spacial score (nSPS) is 11.3. The second kappa shape index (κ2) is 3.86. The second-order valence-corrected chi connectivity index (χ2v) is 2.95. The van der Waals surface area contributed by atoms with Gasteiger partial charge in [0.1, 0.15) is 0 Å². The van der Waals surface area contributed by atoms with E-state index >= 15 is 0 Å². The molecule has 62 valence electrons. The summed E-state index contributed by atoms with van der Waals surface area (Å²) in [5, 5.41) is 1.91. The molecule has 0 atom stereocenters. The summed E-state index contributed by atoms with van der Waals surface area (Å²) >= 11 is 0. The highest BCUT2D eigenvalue weighted by Crippen LogP contribution is 1.86. The van der Waals surface area contributed by atoms with Crippen LogP contribution in [-0.2, 0) is 0 Å². The number of hydrogen-bond donors (Lipinski definition) is 0. The quantitative estimate of drug-likeness (QED) is 0.600. The molecule has 0 bridgehead atoms. The van der Waals surface area contributed by atoms with E-state index in [0.717, 1.165) is 10.6 Å². The summed E-state index contributed by atoms with van der Waals surface area (Å²) < 4.78 is 0. The van der Waals surface area contributed by atoms with Gasteiger partial charge in [0.15, 0.2) is 0 Å². The molecule has 0 unspecified atom stereocenters. The molecule has 0 aliphatic rings. The number of aromatic nitrogens is 1. The third-order valence-corrected chi connectivity index (χ3v) is 1.52. The van der Waals surface area contributed by atoms with Gasteiger partial charge in [0.05, 0.1) is 5.35 Å². The van der Waals surface area contributed by atoms with Gasteiger partial charge in [-0.2, -0.15) is 0 Å². The minimum Gasteiger partial charge on any atom is -0.257 e. The molecular weight excluding hydrogens is 146 g/mol. The molecule has 1 aromatic heterocycles. The first-order valence-electron chi connectivity index (χ1n) is 3.95. The monoisotopic (exact) mass is 159 g/mol. The van der Waals surface area contributed by atoms with Gasteiger partial charge in [-0.1, -0.05) is 30.4 Å². The molecule has 0 N–H and O–H groups in total. The fourth-order valence-corrected chi connectivity index (χ4v) is 0.859. The molecule has 0 saturated carbocycles. The molecule has 0 spiro atoms. The van der Waals surface area contributed by atoms with Crippen LogP contribution in [0.3, 0.4) is 0 Å².